The maximum atomic E-state index is 10.5. The summed E-state index contributed by atoms with van der Waals surface area (Å²) >= 11 is 1.74. The molecule has 0 bridgehead atoms. The van der Waals surface area contributed by atoms with Crippen LogP contribution in [0.15, 0.2) is 11.4 Å². The summed E-state index contributed by atoms with van der Waals surface area (Å²) in [6.07, 6.45) is 4.29. The van der Waals surface area contributed by atoms with E-state index in [-0.39, 0.29) is 0 Å². The Hall–Kier alpha value is -0.340. The van der Waals surface area contributed by atoms with Crippen molar-refractivity contribution in [3.05, 3.63) is 21.9 Å². The van der Waals surface area contributed by atoms with Crippen molar-refractivity contribution in [2.24, 2.45) is 5.92 Å². The number of aryl methyl sites for hydroxylation is 1. The topological polar surface area (TPSA) is 20.2 Å². The molecule has 0 spiro atoms. The van der Waals surface area contributed by atoms with E-state index < -0.39 is 5.60 Å². The molecule has 2 unspecified atom stereocenters. The standard InChI is InChI=1S/C12H18OS/c1-3-10-4-6-12(13,8-10)11-5-7-14-9(11)2/h5,7,10,13H,3-4,6,8H2,1-2H3. The van der Waals surface area contributed by atoms with Crippen molar-refractivity contribution in [1.82, 2.24) is 0 Å². The van der Waals surface area contributed by atoms with Crippen LogP contribution in [-0.4, -0.2) is 5.11 Å². The molecule has 2 atom stereocenters. The summed E-state index contributed by atoms with van der Waals surface area (Å²) < 4.78 is 0. The molecule has 78 valence electrons. The largest absolute Gasteiger partial charge is 0.385 e. The molecule has 0 amide bonds. The van der Waals surface area contributed by atoms with E-state index in [0.717, 1.165) is 18.8 Å². The smallest absolute Gasteiger partial charge is 0.0909 e. The van der Waals surface area contributed by atoms with E-state index in [4.69, 9.17) is 0 Å². The van der Waals surface area contributed by atoms with Crippen LogP contribution in [0.25, 0.3) is 0 Å². The lowest BCUT2D eigenvalue weighted by Gasteiger charge is -2.23. The highest BCUT2D eigenvalue weighted by Crippen LogP contribution is 2.45. The molecular formula is C12H18OS. The molecule has 1 aromatic rings. The van der Waals surface area contributed by atoms with Crippen LogP contribution in [0.4, 0.5) is 0 Å². The molecule has 1 aliphatic carbocycles. The van der Waals surface area contributed by atoms with Gasteiger partial charge in [-0.1, -0.05) is 13.3 Å². The van der Waals surface area contributed by atoms with Crippen molar-refractivity contribution < 1.29 is 5.11 Å². The zero-order valence-electron chi connectivity index (χ0n) is 8.92. The van der Waals surface area contributed by atoms with Crippen LogP contribution in [0.2, 0.25) is 0 Å². The van der Waals surface area contributed by atoms with Gasteiger partial charge in [0.05, 0.1) is 5.60 Å². The zero-order chi connectivity index (χ0) is 10.2. The van der Waals surface area contributed by atoms with Crippen LogP contribution in [0.1, 0.15) is 43.0 Å². The minimum absolute atomic E-state index is 0.509. The maximum Gasteiger partial charge on any atom is 0.0909 e. The fraction of sp³-hybridized carbons (Fsp3) is 0.667. The van der Waals surface area contributed by atoms with Gasteiger partial charge in [0.2, 0.25) is 0 Å². The van der Waals surface area contributed by atoms with Crippen LogP contribution in [0.3, 0.4) is 0 Å². The second-order valence-electron chi connectivity index (χ2n) is 4.44. The average Bonchev–Trinajstić information content (AvgIpc) is 2.73. The number of thiophene rings is 1. The highest BCUT2D eigenvalue weighted by Gasteiger charge is 2.39. The Bertz CT molecular complexity index is 318. The Balaban J connectivity index is 2.22. The van der Waals surface area contributed by atoms with Crippen molar-refractivity contribution in [3.8, 4) is 0 Å². The number of hydrogen-bond donors (Lipinski definition) is 1. The van der Waals surface area contributed by atoms with Crippen molar-refractivity contribution in [1.29, 1.82) is 0 Å². The van der Waals surface area contributed by atoms with Crippen molar-refractivity contribution in [2.75, 3.05) is 0 Å². The zero-order valence-corrected chi connectivity index (χ0v) is 9.73. The minimum atomic E-state index is -0.509. The second kappa shape index (κ2) is 3.67. The molecule has 2 heteroatoms. The Kier molecular flexibility index (Phi) is 2.67. The SMILES string of the molecule is CCC1CCC(O)(c2ccsc2C)C1. The van der Waals surface area contributed by atoms with E-state index in [1.807, 2.05) is 0 Å². The van der Waals surface area contributed by atoms with Gasteiger partial charge in [-0.25, -0.2) is 0 Å². The third kappa shape index (κ3) is 1.61. The first kappa shape index (κ1) is 10.2. The Morgan fingerprint density at radius 1 is 1.64 bits per heavy atom. The van der Waals surface area contributed by atoms with E-state index >= 15 is 0 Å². The predicted octanol–water partition coefficient (Wildman–Crippen LogP) is 3.45. The number of aliphatic hydroxyl groups is 1. The van der Waals surface area contributed by atoms with Crippen molar-refractivity contribution in [3.63, 3.8) is 0 Å². The molecule has 1 aliphatic rings. The van der Waals surface area contributed by atoms with Gasteiger partial charge in [-0.2, -0.15) is 0 Å². The van der Waals surface area contributed by atoms with Crippen LogP contribution < -0.4 is 0 Å². The number of hydrogen-bond acceptors (Lipinski definition) is 2. The Labute approximate surface area is 89.8 Å². The summed E-state index contributed by atoms with van der Waals surface area (Å²) in [5.41, 5.74) is 0.670. The summed E-state index contributed by atoms with van der Waals surface area (Å²) in [5, 5.41) is 12.6. The van der Waals surface area contributed by atoms with Gasteiger partial charge >= 0.3 is 0 Å². The molecule has 0 saturated heterocycles. The highest BCUT2D eigenvalue weighted by molar-refractivity contribution is 7.10. The lowest BCUT2D eigenvalue weighted by atomic mass is 9.91. The molecule has 0 radical (unpaired) electrons. The second-order valence-corrected chi connectivity index (χ2v) is 5.56. The van der Waals surface area contributed by atoms with Crippen LogP contribution >= 0.6 is 11.3 Å². The Morgan fingerprint density at radius 3 is 2.93 bits per heavy atom. The monoisotopic (exact) mass is 210 g/mol. The van der Waals surface area contributed by atoms with E-state index in [9.17, 15) is 5.11 Å². The van der Waals surface area contributed by atoms with Crippen LogP contribution in [-0.2, 0) is 5.60 Å². The van der Waals surface area contributed by atoms with Gasteiger partial charge in [-0.3, -0.25) is 0 Å². The van der Waals surface area contributed by atoms with Gasteiger partial charge in [-0.15, -0.1) is 11.3 Å². The lowest BCUT2D eigenvalue weighted by molar-refractivity contribution is 0.0397. The molecule has 0 aliphatic heterocycles. The van der Waals surface area contributed by atoms with Gasteiger partial charge < -0.3 is 5.11 Å². The van der Waals surface area contributed by atoms with Gasteiger partial charge in [-0.05, 0) is 49.1 Å². The van der Waals surface area contributed by atoms with E-state index in [2.05, 4.69) is 25.3 Å². The maximum absolute atomic E-state index is 10.5. The molecule has 1 fully saturated rings. The molecular weight excluding hydrogens is 192 g/mol. The predicted molar refractivity (Wildman–Crippen MR) is 60.6 cm³/mol. The molecule has 14 heavy (non-hydrogen) atoms. The molecule has 1 N–H and O–H groups in total. The first-order valence-electron chi connectivity index (χ1n) is 5.42. The van der Waals surface area contributed by atoms with Gasteiger partial charge in [0.1, 0.15) is 0 Å². The molecule has 1 saturated carbocycles. The summed E-state index contributed by atoms with van der Waals surface area (Å²) in [6.45, 7) is 4.33. The van der Waals surface area contributed by atoms with Gasteiger partial charge in [0.15, 0.2) is 0 Å². The summed E-state index contributed by atoms with van der Waals surface area (Å²) in [5.74, 6) is 0.722. The van der Waals surface area contributed by atoms with Crippen LogP contribution in [0.5, 0.6) is 0 Å². The summed E-state index contributed by atoms with van der Waals surface area (Å²) in [7, 11) is 0. The average molecular weight is 210 g/mol. The summed E-state index contributed by atoms with van der Waals surface area (Å²) in [4.78, 5) is 1.28. The van der Waals surface area contributed by atoms with E-state index in [0.29, 0.717) is 0 Å². The number of rotatable bonds is 2. The normalized spacial score (nSPS) is 32.4. The minimum Gasteiger partial charge on any atom is -0.385 e. The first-order chi connectivity index (χ1) is 6.65. The van der Waals surface area contributed by atoms with E-state index in [1.165, 1.54) is 23.3 Å². The van der Waals surface area contributed by atoms with Crippen molar-refractivity contribution in [2.45, 2.75) is 45.1 Å². The van der Waals surface area contributed by atoms with E-state index in [1.54, 1.807) is 11.3 Å². The fourth-order valence-electron chi connectivity index (χ4n) is 2.59. The third-order valence-electron chi connectivity index (χ3n) is 3.53. The molecule has 0 aromatic carbocycles. The quantitative estimate of drug-likeness (QED) is 0.792. The Morgan fingerprint density at radius 2 is 2.43 bits per heavy atom. The first-order valence-corrected chi connectivity index (χ1v) is 6.30. The fourth-order valence-corrected chi connectivity index (χ4v) is 3.38. The lowest BCUT2D eigenvalue weighted by Crippen LogP contribution is -2.21. The van der Waals surface area contributed by atoms with Gasteiger partial charge in [0, 0.05) is 4.88 Å². The third-order valence-corrected chi connectivity index (χ3v) is 4.38. The molecule has 1 heterocycles. The molecule has 1 aromatic heterocycles. The molecule has 2 rings (SSSR count). The van der Waals surface area contributed by atoms with Gasteiger partial charge in [0.25, 0.3) is 0 Å². The van der Waals surface area contributed by atoms with Crippen LogP contribution in [0, 0.1) is 12.8 Å². The summed E-state index contributed by atoms with van der Waals surface area (Å²) in [6, 6.07) is 2.10. The molecule has 1 nitrogen and oxygen atoms in total. The highest BCUT2D eigenvalue weighted by atomic mass is 32.1. The van der Waals surface area contributed by atoms with Crippen molar-refractivity contribution >= 4 is 11.3 Å².